The molecule has 1 heterocycles. The lowest BCUT2D eigenvalue weighted by Gasteiger charge is -2.21. The SMILES string of the molecule is CC(CO)N(C)CC(=O)NCc1cccs1. The second kappa shape index (κ2) is 6.62. The summed E-state index contributed by atoms with van der Waals surface area (Å²) in [5, 5.41) is 13.8. The van der Waals surface area contributed by atoms with Crippen LogP contribution in [-0.2, 0) is 11.3 Å². The van der Waals surface area contributed by atoms with Gasteiger partial charge in [0.05, 0.1) is 19.7 Å². The molecule has 90 valence electrons. The summed E-state index contributed by atoms with van der Waals surface area (Å²) in [7, 11) is 1.83. The topological polar surface area (TPSA) is 52.6 Å². The molecule has 0 saturated heterocycles. The van der Waals surface area contributed by atoms with E-state index in [0.29, 0.717) is 13.1 Å². The summed E-state index contributed by atoms with van der Waals surface area (Å²) < 4.78 is 0. The normalized spacial score (nSPS) is 12.8. The molecule has 2 N–H and O–H groups in total. The predicted octanol–water partition coefficient (Wildman–Crippen LogP) is 0.677. The summed E-state index contributed by atoms with van der Waals surface area (Å²) in [5.74, 6) is -0.0174. The van der Waals surface area contributed by atoms with Crippen LogP contribution in [0.1, 0.15) is 11.8 Å². The minimum atomic E-state index is -0.0174. The van der Waals surface area contributed by atoms with Crippen LogP contribution in [0.5, 0.6) is 0 Å². The summed E-state index contributed by atoms with van der Waals surface area (Å²) in [6.07, 6.45) is 0. The third-order valence-corrected chi connectivity index (χ3v) is 3.33. The number of carbonyl (C=O) groups is 1. The molecule has 0 radical (unpaired) electrons. The standard InChI is InChI=1S/C11H18N2O2S/c1-9(8-14)13(2)7-11(15)12-6-10-4-3-5-16-10/h3-5,9,14H,6-8H2,1-2H3,(H,12,15). The Hall–Kier alpha value is -0.910. The van der Waals surface area contributed by atoms with Gasteiger partial charge in [-0.3, -0.25) is 9.69 Å². The van der Waals surface area contributed by atoms with Gasteiger partial charge in [0.15, 0.2) is 0 Å². The first-order valence-corrected chi connectivity index (χ1v) is 6.11. The van der Waals surface area contributed by atoms with Gasteiger partial charge in [0.2, 0.25) is 5.91 Å². The van der Waals surface area contributed by atoms with Crippen molar-refractivity contribution in [3.8, 4) is 0 Å². The average molecular weight is 242 g/mol. The number of rotatable bonds is 6. The molecule has 0 bridgehead atoms. The Morgan fingerprint density at radius 1 is 1.69 bits per heavy atom. The zero-order chi connectivity index (χ0) is 12.0. The smallest absolute Gasteiger partial charge is 0.234 e. The number of likely N-dealkylation sites (N-methyl/N-ethyl adjacent to an activating group) is 1. The van der Waals surface area contributed by atoms with Gasteiger partial charge in [0, 0.05) is 10.9 Å². The van der Waals surface area contributed by atoms with Crippen LogP contribution in [0.3, 0.4) is 0 Å². The number of aliphatic hydroxyl groups excluding tert-OH is 1. The second-order valence-corrected chi connectivity index (χ2v) is 4.84. The zero-order valence-corrected chi connectivity index (χ0v) is 10.5. The van der Waals surface area contributed by atoms with Crippen LogP contribution in [0.2, 0.25) is 0 Å². The third-order valence-electron chi connectivity index (χ3n) is 2.45. The molecule has 1 aromatic rings. The van der Waals surface area contributed by atoms with E-state index in [1.54, 1.807) is 11.3 Å². The Balaban J connectivity index is 2.25. The maximum Gasteiger partial charge on any atom is 0.234 e. The maximum atomic E-state index is 11.5. The molecule has 0 spiro atoms. The molecule has 0 saturated carbocycles. The molecule has 1 unspecified atom stereocenters. The molecular weight excluding hydrogens is 224 g/mol. The van der Waals surface area contributed by atoms with Crippen LogP contribution < -0.4 is 5.32 Å². The first kappa shape index (κ1) is 13.2. The second-order valence-electron chi connectivity index (χ2n) is 3.80. The van der Waals surface area contributed by atoms with Crippen LogP contribution in [0.25, 0.3) is 0 Å². The highest BCUT2D eigenvalue weighted by molar-refractivity contribution is 7.09. The van der Waals surface area contributed by atoms with Crippen molar-refractivity contribution in [1.29, 1.82) is 0 Å². The summed E-state index contributed by atoms with van der Waals surface area (Å²) >= 11 is 1.63. The van der Waals surface area contributed by atoms with Crippen molar-refractivity contribution in [2.75, 3.05) is 20.2 Å². The van der Waals surface area contributed by atoms with E-state index >= 15 is 0 Å². The molecule has 4 nitrogen and oxygen atoms in total. The van der Waals surface area contributed by atoms with E-state index in [0.717, 1.165) is 4.88 Å². The van der Waals surface area contributed by atoms with Crippen molar-refractivity contribution < 1.29 is 9.90 Å². The molecule has 0 fully saturated rings. The summed E-state index contributed by atoms with van der Waals surface area (Å²) in [4.78, 5) is 14.5. The van der Waals surface area contributed by atoms with Crippen LogP contribution in [0, 0.1) is 0 Å². The van der Waals surface area contributed by atoms with Gasteiger partial charge in [-0.05, 0) is 25.4 Å². The van der Waals surface area contributed by atoms with Gasteiger partial charge in [-0.25, -0.2) is 0 Å². The summed E-state index contributed by atoms with van der Waals surface area (Å²) in [5.41, 5.74) is 0. The molecule has 1 rings (SSSR count). The van der Waals surface area contributed by atoms with Gasteiger partial charge in [0.1, 0.15) is 0 Å². The predicted molar refractivity (Wildman–Crippen MR) is 65.3 cm³/mol. The minimum Gasteiger partial charge on any atom is -0.395 e. The Morgan fingerprint density at radius 3 is 3.00 bits per heavy atom. The molecular formula is C11H18N2O2S. The molecule has 0 aromatic carbocycles. The first-order chi connectivity index (χ1) is 7.63. The summed E-state index contributed by atoms with van der Waals surface area (Å²) in [6.45, 7) is 2.84. The average Bonchev–Trinajstić information content (AvgIpc) is 2.78. The van der Waals surface area contributed by atoms with Gasteiger partial charge < -0.3 is 10.4 Å². The zero-order valence-electron chi connectivity index (χ0n) is 9.64. The van der Waals surface area contributed by atoms with Crippen LogP contribution in [-0.4, -0.2) is 42.2 Å². The van der Waals surface area contributed by atoms with E-state index < -0.39 is 0 Å². The van der Waals surface area contributed by atoms with Crippen LogP contribution >= 0.6 is 11.3 Å². The fourth-order valence-electron chi connectivity index (χ4n) is 1.18. The van der Waals surface area contributed by atoms with E-state index in [1.165, 1.54) is 0 Å². The highest BCUT2D eigenvalue weighted by Gasteiger charge is 2.11. The molecule has 0 aliphatic rings. The lowest BCUT2D eigenvalue weighted by Crippen LogP contribution is -2.40. The molecule has 16 heavy (non-hydrogen) atoms. The molecule has 1 amide bonds. The van der Waals surface area contributed by atoms with Gasteiger partial charge in [-0.2, -0.15) is 0 Å². The van der Waals surface area contributed by atoms with Crippen molar-refractivity contribution >= 4 is 17.2 Å². The van der Waals surface area contributed by atoms with Crippen LogP contribution in [0.15, 0.2) is 17.5 Å². The fourth-order valence-corrected chi connectivity index (χ4v) is 1.82. The lowest BCUT2D eigenvalue weighted by molar-refractivity contribution is -0.122. The first-order valence-electron chi connectivity index (χ1n) is 5.23. The summed E-state index contributed by atoms with van der Waals surface area (Å²) in [6, 6.07) is 3.96. The van der Waals surface area contributed by atoms with Crippen molar-refractivity contribution in [3.63, 3.8) is 0 Å². The number of hydrogen-bond donors (Lipinski definition) is 2. The van der Waals surface area contributed by atoms with E-state index in [-0.39, 0.29) is 18.6 Å². The minimum absolute atomic E-state index is 0.00693. The van der Waals surface area contributed by atoms with Crippen molar-refractivity contribution in [1.82, 2.24) is 10.2 Å². The number of carbonyl (C=O) groups excluding carboxylic acids is 1. The van der Waals surface area contributed by atoms with Gasteiger partial charge in [-0.15, -0.1) is 11.3 Å². The Kier molecular flexibility index (Phi) is 5.45. The van der Waals surface area contributed by atoms with Gasteiger partial charge in [-0.1, -0.05) is 6.07 Å². The maximum absolute atomic E-state index is 11.5. The molecule has 0 aliphatic carbocycles. The lowest BCUT2D eigenvalue weighted by atomic mass is 10.3. The van der Waals surface area contributed by atoms with E-state index in [9.17, 15) is 4.79 Å². The Labute approximate surface area is 99.9 Å². The third kappa shape index (κ3) is 4.30. The van der Waals surface area contributed by atoms with Crippen molar-refractivity contribution in [3.05, 3.63) is 22.4 Å². The number of aliphatic hydroxyl groups is 1. The fraction of sp³-hybridized carbons (Fsp3) is 0.545. The van der Waals surface area contributed by atoms with Gasteiger partial charge >= 0.3 is 0 Å². The molecule has 1 aromatic heterocycles. The number of hydrogen-bond acceptors (Lipinski definition) is 4. The number of nitrogens with zero attached hydrogens (tertiary/aromatic N) is 1. The largest absolute Gasteiger partial charge is 0.395 e. The number of amides is 1. The molecule has 5 heteroatoms. The Morgan fingerprint density at radius 2 is 2.44 bits per heavy atom. The van der Waals surface area contributed by atoms with E-state index in [1.807, 2.05) is 36.4 Å². The highest BCUT2D eigenvalue weighted by atomic mass is 32.1. The van der Waals surface area contributed by atoms with Crippen molar-refractivity contribution in [2.45, 2.75) is 19.5 Å². The molecule has 1 atom stereocenters. The van der Waals surface area contributed by atoms with Crippen LogP contribution in [0.4, 0.5) is 0 Å². The van der Waals surface area contributed by atoms with Crippen molar-refractivity contribution in [2.24, 2.45) is 0 Å². The monoisotopic (exact) mass is 242 g/mol. The quantitative estimate of drug-likeness (QED) is 0.771. The van der Waals surface area contributed by atoms with E-state index in [4.69, 9.17) is 5.11 Å². The molecule has 0 aliphatic heterocycles. The van der Waals surface area contributed by atoms with E-state index in [2.05, 4.69) is 5.32 Å². The number of thiophene rings is 1. The number of nitrogens with one attached hydrogen (secondary N) is 1. The Bertz CT molecular complexity index is 314. The highest BCUT2D eigenvalue weighted by Crippen LogP contribution is 2.07. The van der Waals surface area contributed by atoms with Gasteiger partial charge in [0.25, 0.3) is 0 Å².